The van der Waals surface area contributed by atoms with E-state index in [1.54, 1.807) is 6.07 Å². The Balaban J connectivity index is 2.18. The van der Waals surface area contributed by atoms with Gasteiger partial charge in [0.05, 0.1) is 18.3 Å². The third kappa shape index (κ3) is 3.12. The zero-order chi connectivity index (χ0) is 13.2. The Morgan fingerprint density at radius 3 is 2.67 bits per heavy atom. The summed E-state index contributed by atoms with van der Waals surface area (Å²) in [5, 5.41) is 0. The predicted molar refractivity (Wildman–Crippen MR) is 55.7 cm³/mol. The molecule has 1 saturated heterocycles. The molecule has 0 saturated carbocycles. The Kier molecular flexibility index (Phi) is 3.74. The van der Waals surface area contributed by atoms with Crippen LogP contribution in [0, 0.1) is 0 Å². The van der Waals surface area contributed by atoms with Crippen molar-refractivity contribution < 1.29 is 27.4 Å². The molecule has 0 amide bonds. The highest BCUT2D eigenvalue weighted by Crippen LogP contribution is 2.35. The van der Waals surface area contributed by atoms with Gasteiger partial charge in [-0.3, -0.25) is 0 Å². The van der Waals surface area contributed by atoms with Gasteiger partial charge >= 0.3 is 6.36 Å². The molecule has 2 N–H and O–H groups in total. The third-order valence-electron chi connectivity index (χ3n) is 2.41. The summed E-state index contributed by atoms with van der Waals surface area (Å²) in [5.41, 5.74) is 5.60. The van der Waals surface area contributed by atoms with Crippen LogP contribution in [0.3, 0.4) is 0 Å². The molecule has 18 heavy (non-hydrogen) atoms. The summed E-state index contributed by atoms with van der Waals surface area (Å²) in [6, 6.07) is 5.71. The summed E-state index contributed by atoms with van der Waals surface area (Å²) < 4.78 is 51.2. The molecule has 0 spiro atoms. The number of halogens is 3. The van der Waals surface area contributed by atoms with Gasteiger partial charge in [0.2, 0.25) is 0 Å². The van der Waals surface area contributed by atoms with E-state index in [-0.39, 0.29) is 30.6 Å². The van der Waals surface area contributed by atoms with E-state index in [1.807, 2.05) is 0 Å². The first-order valence-corrected chi connectivity index (χ1v) is 5.31. The smallest absolute Gasteiger partial charge is 0.405 e. The quantitative estimate of drug-likeness (QED) is 0.905. The fraction of sp³-hybridized carbons (Fsp3) is 0.455. The fourth-order valence-electron chi connectivity index (χ4n) is 1.63. The molecule has 0 radical (unpaired) electrons. The Bertz CT molecular complexity index is 411. The van der Waals surface area contributed by atoms with Gasteiger partial charge in [-0.1, -0.05) is 18.2 Å². The zero-order valence-electron chi connectivity index (χ0n) is 9.31. The molecule has 1 aromatic rings. The van der Waals surface area contributed by atoms with E-state index in [2.05, 4.69) is 4.74 Å². The minimum atomic E-state index is -4.75. The Hall–Kier alpha value is -1.31. The first-order valence-electron chi connectivity index (χ1n) is 5.31. The number of nitrogens with two attached hydrogens (primary N) is 1. The van der Waals surface area contributed by atoms with E-state index in [0.29, 0.717) is 0 Å². The Morgan fingerprint density at radius 2 is 2.06 bits per heavy atom. The average molecular weight is 263 g/mol. The summed E-state index contributed by atoms with van der Waals surface area (Å²) in [5.74, 6) is -0.326. The van der Waals surface area contributed by atoms with Crippen LogP contribution in [0.1, 0.15) is 11.9 Å². The number of ether oxygens (including phenoxy) is 3. The molecule has 1 heterocycles. The first kappa shape index (κ1) is 13.1. The number of hydrogen-bond acceptors (Lipinski definition) is 4. The largest absolute Gasteiger partial charge is 0.573 e. The number of para-hydroxylation sites is 1. The number of alkyl halides is 3. The van der Waals surface area contributed by atoms with Crippen LogP contribution in [0.5, 0.6) is 5.75 Å². The molecule has 2 atom stereocenters. The van der Waals surface area contributed by atoms with Crippen LogP contribution >= 0.6 is 0 Å². The van der Waals surface area contributed by atoms with Crippen molar-refractivity contribution in [1.82, 2.24) is 0 Å². The lowest BCUT2D eigenvalue weighted by molar-refractivity contribution is -0.275. The van der Waals surface area contributed by atoms with Crippen molar-refractivity contribution in [2.24, 2.45) is 5.73 Å². The predicted octanol–water partition coefficient (Wildman–Crippen LogP) is 1.96. The van der Waals surface area contributed by atoms with Crippen LogP contribution in [-0.4, -0.2) is 25.6 Å². The van der Waals surface area contributed by atoms with Gasteiger partial charge in [0.25, 0.3) is 0 Å². The van der Waals surface area contributed by atoms with Gasteiger partial charge in [-0.05, 0) is 6.07 Å². The van der Waals surface area contributed by atoms with Gasteiger partial charge in [0, 0.05) is 6.54 Å². The third-order valence-corrected chi connectivity index (χ3v) is 2.41. The summed E-state index contributed by atoms with van der Waals surface area (Å²) in [6.45, 7) is 0.500. The molecule has 2 unspecified atom stereocenters. The Morgan fingerprint density at radius 1 is 1.33 bits per heavy atom. The van der Waals surface area contributed by atoms with E-state index in [1.165, 1.54) is 18.2 Å². The lowest BCUT2D eigenvalue weighted by Gasteiger charge is -2.16. The topological polar surface area (TPSA) is 53.7 Å². The van der Waals surface area contributed by atoms with Crippen molar-refractivity contribution in [2.75, 3.05) is 13.2 Å². The molecular weight excluding hydrogens is 251 g/mol. The van der Waals surface area contributed by atoms with Crippen molar-refractivity contribution in [3.8, 4) is 5.75 Å². The van der Waals surface area contributed by atoms with Gasteiger partial charge in [0.1, 0.15) is 5.75 Å². The van der Waals surface area contributed by atoms with Gasteiger partial charge in [-0.2, -0.15) is 0 Å². The van der Waals surface area contributed by atoms with Gasteiger partial charge < -0.3 is 19.9 Å². The number of benzene rings is 1. The number of rotatable bonds is 3. The van der Waals surface area contributed by atoms with Crippen LogP contribution < -0.4 is 10.5 Å². The molecule has 1 aliphatic rings. The van der Waals surface area contributed by atoms with E-state index in [4.69, 9.17) is 15.2 Å². The highest BCUT2D eigenvalue weighted by atomic mass is 19.4. The fourth-order valence-corrected chi connectivity index (χ4v) is 1.63. The summed E-state index contributed by atoms with van der Waals surface area (Å²) in [7, 11) is 0. The maximum absolute atomic E-state index is 12.2. The van der Waals surface area contributed by atoms with E-state index < -0.39 is 12.7 Å². The Labute approximate surface area is 101 Å². The minimum absolute atomic E-state index is 0.200. The SMILES string of the molecule is NCC1COC(c2ccccc2OC(F)(F)F)O1. The van der Waals surface area contributed by atoms with Crippen molar-refractivity contribution >= 4 is 0 Å². The first-order chi connectivity index (χ1) is 8.49. The second-order valence-corrected chi connectivity index (χ2v) is 3.74. The van der Waals surface area contributed by atoms with Crippen LogP contribution in [0.25, 0.3) is 0 Å². The zero-order valence-corrected chi connectivity index (χ0v) is 9.31. The van der Waals surface area contributed by atoms with Crippen molar-refractivity contribution in [1.29, 1.82) is 0 Å². The second kappa shape index (κ2) is 5.13. The normalized spacial score (nSPS) is 24.2. The monoisotopic (exact) mass is 263 g/mol. The van der Waals surface area contributed by atoms with Crippen LogP contribution in [0.15, 0.2) is 24.3 Å². The molecule has 1 fully saturated rings. The van der Waals surface area contributed by atoms with E-state index in [0.717, 1.165) is 0 Å². The van der Waals surface area contributed by atoms with Gasteiger partial charge in [-0.25, -0.2) is 0 Å². The van der Waals surface area contributed by atoms with Crippen LogP contribution in [0.2, 0.25) is 0 Å². The lowest BCUT2D eigenvalue weighted by Crippen LogP contribution is -2.22. The molecule has 4 nitrogen and oxygen atoms in total. The van der Waals surface area contributed by atoms with Crippen molar-refractivity contribution in [2.45, 2.75) is 18.8 Å². The van der Waals surface area contributed by atoms with Crippen molar-refractivity contribution in [3.05, 3.63) is 29.8 Å². The molecule has 7 heteroatoms. The summed E-state index contributed by atoms with van der Waals surface area (Å²) in [6.07, 6.45) is -5.94. The maximum atomic E-state index is 12.2. The highest BCUT2D eigenvalue weighted by molar-refractivity contribution is 5.34. The van der Waals surface area contributed by atoms with Crippen LogP contribution in [-0.2, 0) is 9.47 Å². The van der Waals surface area contributed by atoms with E-state index >= 15 is 0 Å². The molecule has 0 aromatic heterocycles. The molecule has 2 rings (SSSR count). The standard InChI is InChI=1S/C11H12F3NO3/c12-11(13,14)18-9-4-2-1-3-8(9)10-16-6-7(5-15)17-10/h1-4,7,10H,5-6,15H2. The lowest BCUT2D eigenvalue weighted by atomic mass is 10.2. The van der Waals surface area contributed by atoms with Crippen molar-refractivity contribution in [3.63, 3.8) is 0 Å². The molecule has 1 aromatic carbocycles. The molecule has 0 bridgehead atoms. The molecule has 1 aliphatic heterocycles. The molecule has 100 valence electrons. The second-order valence-electron chi connectivity index (χ2n) is 3.74. The maximum Gasteiger partial charge on any atom is 0.573 e. The average Bonchev–Trinajstić information content (AvgIpc) is 2.76. The molecular formula is C11H12F3NO3. The van der Waals surface area contributed by atoms with Gasteiger partial charge in [0.15, 0.2) is 6.29 Å². The minimum Gasteiger partial charge on any atom is -0.405 e. The molecule has 0 aliphatic carbocycles. The highest BCUT2D eigenvalue weighted by Gasteiger charge is 2.35. The summed E-state index contributed by atoms with van der Waals surface area (Å²) in [4.78, 5) is 0. The number of hydrogen-bond donors (Lipinski definition) is 1. The van der Waals surface area contributed by atoms with Crippen LogP contribution in [0.4, 0.5) is 13.2 Å². The van der Waals surface area contributed by atoms with E-state index in [9.17, 15) is 13.2 Å². The summed E-state index contributed by atoms with van der Waals surface area (Å²) >= 11 is 0. The van der Waals surface area contributed by atoms with Gasteiger partial charge in [-0.15, -0.1) is 13.2 Å².